The Balaban J connectivity index is 1.67. The van der Waals surface area contributed by atoms with Crippen molar-refractivity contribution in [3.05, 3.63) is 71.3 Å². The van der Waals surface area contributed by atoms with E-state index in [0.717, 1.165) is 25.8 Å². The Labute approximate surface area is 172 Å². The lowest BCUT2D eigenvalue weighted by Gasteiger charge is -2.52. The molecule has 2 aromatic rings. The van der Waals surface area contributed by atoms with Gasteiger partial charge in [0.05, 0.1) is 5.54 Å². The van der Waals surface area contributed by atoms with Crippen molar-refractivity contribution >= 4 is 11.8 Å². The lowest BCUT2D eigenvalue weighted by molar-refractivity contribution is -0.135. The predicted octanol–water partition coefficient (Wildman–Crippen LogP) is 2.99. The molecule has 152 valence electrons. The van der Waals surface area contributed by atoms with Gasteiger partial charge in [0.15, 0.2) is 0 Å². The number of piperidine rings is 1. The Morgan fingerprint density at radius 3 is 2.48 bits per heavy atom. The molecule has 0 aromatic heterocycles. The van der Waals surface area contributed by atoms with Gasteiger partial charge < -0.3 is 15.5 Å². The van der Waals surface area contributed by atoms with E-state index in [1.165, 1.54) is 11.1 Å². The molecule has 0 aliphatic carbocycles. The summed E-state index contributed by atoms with van der Waals surface area (Å²) in [6, 6.07) is 17.9. The molecule has 2 aliphatic heterocycles. The van der Waals surface area contributed by atoms with Crippen molar-refractivity contribution in [2.45, 2.75) is 44.2 Å². The fourth-order valence-electron chi connectivity index (χ4n) is 4.80. The van der Waals surface area contributed by atoms with Gasteiger partial charge in [-0.05, 0) is 55.5 Å². The third kappa shape index (κ3) is 3.92. The van der Waals surface area contributed by atoms with Crippen LogP contribution in [0, 0.1) is 0 Å². The number of carbonyl (C=O) groups excluding carboxylic acids is 2. The largest absolute Gasteiger partial charge is 0.340 e. The maximum atomic E-state index is 13.5. The fourth-order valence-corrected chi connectivity index (χ4v) is 4.80. The average Bonchev–Trinajstić information content (AvgIpc) is 2.77. The molecule has 2 aliphatic rings. The molecule has 0 bridgehead atoms. The van der Waals surface area contributed by atoms with Crippen molar-refractivity contribution in [1.82, 2.24) is 9.80 Å². The van der Waals surface area contributed by atoms with Gasteiger partial charge in [0.25, 0.3) is 5.91 Å². The molecule has 0 radical (unpaired) electrons. The van der Waals surface area contributed by atoms with Crippen LogP contribution in [0.3, 0.4) is 0 Å². The summed E-state index contributed by atoms with van der Waals surface area (Å²) in [4.78, 5) is 30.3. The molecule has 2 N–H and O–H groups in total. The van der Waals surface area contributed by atoms with Gasteiger partial charge in [0.2, 0.25) is 5.91 Å². The number of carbonyl (C=O) groups is 2. The molecule has 1 atom stereocenters. The minimum absolute atomic E-state index is 0.0522. The first kappa shape index (κ1) is 19.6. The van der Waals surface area contributed by atoms with Gasteiger partial charge in [-0.3, -0.25) is 9.59 Å². The van der Waals surface area contributed by atoms with Crippen molar-refractivity contribution in [1.29, 1.82) is 0 Å². The van der Waals surface area contributed by atoms with E-state index in [1.807, 2.05) is 46.2 Å². The predicted molar refractivity (Wildman–Crippen MR) is 113 cm³/mol. The smallest absolute Gasteiger partial charge is 0.254 e. The van der Waals surface area contributed by atoms with Crippen LogP contribution >= 0.6 is 0 Å². The lowest BCUT2D eigenvalue weighted by Crippen LogP contribution is -2.63. The normalized spacial score (nSPS) is 21.1. The molecule has 5 nitrogen and oxygen atoms in total. The Bertz CT molecular complexity index is 883. The SMILES string of the molecule is NCCCC(=O)N1CCCC2(Cc3ccccc3CN2C(=O)c2ccccc2)C1. The van der Waals surface area contributed by atoms with Crippen molar-refractivity contribution < 1.29 is 9.59 Å². The van der Waals surface area contributed by atoms with Crippen molar-refractivity contribution in [3.8, 4) is 0 Å². The molecule has 29 heavy (non-hydrogen) atoms. The van der Waals surface area contributed by atoms with Crippen molar-refractivity contribution in [2.24, 2.45) is 5.73 Å². The van der Waals surface area contributed by atoms with Crippen LogP contribution in [0.15, 0.2) is 54.6 Å². The number of nitrogens with zero attached hydrogens (tertiary/aromatic N) is 2. The lowest BCUT2D eigenvalue weighted by atomic mass is 9.76. The van der Waals surface area contributed by atoms with Crippen LogP contribution in [0.1, 0.15) is 47.2 Å². The average molecular weight is 392 g/mol. The summed E-state index contributed by atoms with van der Waals surface area (Å²) in [5.41, 5.74) is 8.45. The zero-order valence-corrected chi connectivity index (χ0v) is 16.8. The highest BCUT2D eigenvalue weighted by molar-refractivity contribution is 5.95. The Morgan fingerprint density at radius 2 is 1.72 bits per heavy atom. The molecule has 1 unspecified atom stereocenters. The zero-order chi connectivity index (χ0) is 20.3. The quantitative estimate of drug-likeness (QED) is 0.871. The summed E-state index contributed by atoms with van der Waals surface area (Å²) in [6.45, 7) is 2.48. The van der Waals surface area contributed by atoms with Gasteiger partial charge in [-0.15, -0.1) is 0 Å². The van der Waals surface area contributed by atoms with Gasteiger partial charge in [0, 0.05) is 31.6 Å². The second-order valence-corrected chi connectivity index (χ2v) is 8.24. The maximum absolute atomic E-state index is 13.5. The first-order valence-electron chi connectivity index (χ1n) is 10.5. The minimum Gasteiger partial charge on any atom is -0.340 e. The standard InChI is InChI=1S/C24H29N3O2/c25-14-6-12-22(28)26-15-7-13-24(18-26)16-20-10-4-5-11-21(20)17-27(24)23(29)19-8-2-1-3-9-19/h1-5,8-11H,6-7,12-18,25H2. The third-order valence-electron chi connectivity index (χ3n) is 6.31. The number of likely N-dealkylation sites (tertiary alicyclic amines) is 1. The zero-order valence-electron chi connectivity index (χ0n) is 16.8. The van der Waals surface area contributed by atoms with E-state index in [2.05, 4.69) is 18.2 Å². The van der Waals surface area contributed by atoms with E-state index < -0.39 is 0 Å². The molecule has 4 rings (SSSR count). The van der Waals surface area contributed by atoms with E-state index in [0.29, 0.717) is 38.0 Å². The molecule has 1 spiro atoms. The van der Waals surface area contributed by atoms with Gasteiger partial charge in [-0.1, -0.05) is 42.5 Å². The molecular weight excluding hydrogens is 362 g/mol. The summed E-state index contributed by atoms with van der Waals surface area (Å²) in [5, 5.41) is 0. The van der Waals surface area contributed by atoms with E-state index >= 15 is 0 Å². The Hall–Kier alpha value is -2.66. The number of benzene rings is 2. The topological polar surface area (TPSA) is 66.6 Å². The van der Waals surface area contributed by atoms with Gasteiger partial charge >= 0.3 is 0 Å². The van der Waals surface area contributed by atoms with Crippen LogP contribution in [-0.4, -0.2) is 46.8 Å². The molecule has 2 aromatic carbocycles. The molecule has 1 fully saturated rings. The van der Waals surface area contributed by atoms with E-state index in [9.17, 15) is 9.59 Å². The molecule has 1 saturated heterocycles. The van der Waals surface area contributed by atoms with Crippen LogP contribution < -0.4 is 5.73 Å². The molecule has 2 amide bonds. The van der Waals surface area contributed by atoms with Crippen LogP contribution in [-0.2, 0) is 17.8 Å². The van der Waals surface area contributed by atoms with Crippen molar-refractivity contribution in [2.75, 3.05) is 19.6 Å². The fraction of sp³-hybridized carbons (Fsp3) is 0.417. The van der Waals surface area contributed by atoms with E-state index in [1.54, 1.807) is 0 Å². The van der Waals surface area contributed by atoms with Gasteiger partial charge in [-0.25, -0.2) is 0 Å². The first-order valence-corrected chi connectivity index (χ1v) is 10.5. The van der Waals surface area contributed by atoms with Crippen LogP contribution in [0.2, 0.25) is 0 Å². The number of fused-ring (bicyclic) bond motifs is 1. The van der Waals surface area contributed by atoms with E-state index in [4.69, 9.17) is 5.73 Å². The number of rotatable bonds is 4. The van der Waals surface area contributed by atoms with Gasteiger partial charge in [-0.2, -0.15) is 0 Å². The molecule has 2 heterocycles. The second kappa shape index (κ2) is 8.37. The van der Waals surface area contributed by atoms with Crippen LogP contribution in [0.25, 0.3) is 0 Å². The summed E-state index contributed by atoms with van der Waals surface area (Å²) in [6.07, 6.45) is 3.81. The molecular formula is C24H29N3O2. The highest BCUT2D eigenvalue weighted by Gasteiger charge is 2.46. The minimum atomic E-state index is -0.349. The summed E-state index contributed by atoms with van der Waals surface area (Å²) in [5.74, 6) is 0.205. The maximum Gasteiger partial charge on any atom is 0.254 e. The van der Waals surface area contributed by atoms with Gasteiger partial charge in [0.1, 0.15) is 0 Å². The second-order valence-electron chi connectivity index (χ2n) is 8.24. The number of hydrogen-bond acceptors (Lipinski definition) is 3. The number of hydrogen-bond donors (Lipinski definition) is 1. The highest BCUT2D eigenvalue weighted by Crippen LogP contribution is 2.38. The van der Waals surface area contributed by atoms with Crippen LogP contribution in [0.5, 0.6) is 0 Å². The summed E-state index contributed by atoms with van der Waals surface area (Å²) >= 11 is 0. The third-order valence-corrected chi connectivity index (χ3v) is 6.31. The van der Waals surface area contributed by atoms with Crippen LogP contribution in [0.4, 0.5) is 0 Å². The highest BCUT2D eigenvalue weighted by atomic mass is 16.2. The Kier molecular flexibility index (Phi) is 5.67. The summed E-state index contributed by atoms with van der Waals surface area (Å²) < 4.78 is 0. The number of nitrogens with two attached hydrogens (primary N) is 1. The number of amides is 2. The first-order chi connectivity index (χ1) is 14.1. The molecule has 5 heteroatoms. The summed E-state index contributed by atoms with van der Waals surface area (Å²) in [7, 11) is 0. The van der Waals surface area contributed by atoms with Crippen molar-refractivity contribution in [3.63, 3.8) is 0 Å². The Morgan fingerprint density at radius 1 is 1.00 bits per heavy atom. The van der Waals surface area contributed by atoms with E-state index in [-0.39, 0.29) is 17.4 Å². The monoisotopic (exact) mass is 391 g/mol. The molecule has 0 saturated carbocycles.